The van der Waals surface area contributed by atoms with Gasteiger partial charge in [-0.05, 0) is 67.0 Å². The fourth-order valence-corrected chi connectivity index (χ4v) is 4.88. The van der Waals surface area contributed by atoms with Crippen LogP contribution in [0, 0.1) is 0 Å². The predicted molar refractivity (Wildman–Crippen MR) is 121 cm³/mol. The Morgan fingerprint density at radius 3 is 2.17 bits per heavy atom. The van der Waals surface area contributed by atoms with Crippen LogP contribution < -0.4 is 4.74 Å². The highest BCUT2D eigenvalue weighted by Gasteiger charge is 2.58. The first kappa shape index (κ1) is 20.9. The van der Waals surface area contributed by atoms with E-state index in [-0.39, 0.29) is 17.1 Å². The van der Waals surface area contributed by atoms with Crippen molar-refractivity contribution in [1.29, 1.82) is 0 Å². The lowest BCUT2D eigenvalue weighted by molar-refractivity contribution is -0.137. The maximum Gasteiger partial charge on any atom is 0.244 e. The second-order valence-electron chi connectivity index (χ2n) is 9.84. The second kappa shape index (κ2) is 7.73. The van der Waals surface area contributed by atoms with E-state index in [9.17, 15) is 4.79 Å². The Kier molecular flexibility index (Phi) is 5.39. The van der Waals surface area contributed by atoms with Gasteiger partial charge in [0.05, 0.1) is 7.11 Å². The molecule has 1 spiro atoms. The summed E-state index contributed by atoms with van der Waals surface area (Å²) >= 11 is 0. The SMILES string of the molecule is COc1ccc(CCN2C(=O)C3(CCC3)N(C)C2c2ccc(C(C)(C)C)cc2)cc1. The van der Waals surface area contributed by atoms with Crippen LogP contribution in [0.1, 0.15) is 62.9 Å². The highest BCUT2D eigenvalue weighted by Crippen LogP contribution is 2.49. The number of hydrogen-bond donors (Lipinski definition) is 0. The van der Waals surface area contributed by atoms with Crippen molar-refractivity contribution in [3.05, 3.63) is 65.2 Å². The van der Waals surface area contributed by atoms with E-state index in [1.807, 2.05) is 12.1 Å². The van der Waals surface area contributed by atoms with Gasteiger partial charge in [0.1, 0.15) is 17.5 Å². The molecule has 1 aliphatic heterocycles. The first-order valence-electron chi connectivity index (χ1n) is 11.0. The number of ether oxygens (including phenoxy) is 1. The standard InChI is InChI=1S/C26H34N2O2/c1-25(2,3)21-11-9-20(10-12-21)23-27(4)26(16-6-17-26)24(29)28(23)18-15-19-7-13-22(30-5)14-8-19/h7-14,23H,6,15-18H2,1-5H3. The summed E-state index contributed by atoms with van der Waals surface area (Å²) in [5, 5.41) is 0. The Hall–Kier alpha value is -2.33. The highest BCUT2D eigenvalue weighted by molar-refractivity contribution is 5.90. The summed E-state index contributed by atoms with van der Waals surface area (Å²) in [6.07, 6.45) is 3.93. The topological polar surface area (TPSA) is 32.8 Å². The Balaban J connectivity index is 1.59. The molecule has 1 atom stereocenters. The molecule has 2 aliphatic rings. The maximum atomic E-state index is 13.5. The van der Waals surface area contributed by atoms with Crippen molar-refractivity contribution in [2.75, 3.05) is 20.7 Å². The van der Waals surface area contributed by atoms with Gasteiger partial charge in [-0.2, -0.15) is 0 Å². The molecule has 1 amide bonds. The lowest BCUT2D eigenvalue weighted by Gasteiger charge is -2.42. The Bertz CT molecular complexity index is 892. The van der Waals surface area contributed by atoms with Gasteiger partial charge in [-0.15, -0.1) is 0 Å². The van der Waals surface area contributed by atoms with Gasteiger partial charge in [0.2, 0.25) is 5.91 Å². The van der Waals surface area contributed by atoms with Gasteiger partial charge < -0.3 is 9.64 Å². The molecule has 160 valence electrons. The zero-order valence-corrected chi connectivity index (χ0v) is 18.9. The molecule has 1 saturated carbocycles. The lowest BCUT2D eigenvalue weighted by atomic mass is 9.75. The van der Waals surface area contributed by atoms with Gasteiger partial charge in [0.25, 0.3) is 0 Å². The van der Waals surface area contributed by atoms with Crippen LogP contribution in [0.15, 0.2) is 48.5 Å². The van der Waals surface area contributed by atoms with Gasteiger partial charge in [-0.25, -0.2) is 0 Å². The van der Waals surface area contributed by atoms with E-state index in [0.717, 1.165) is 38.0 Å². The molecule has 1 saturated heterocycles. The minimum atomic E-state index is -0.298. The number of likely N-dealkylation sites (N-methyl/N-ethyl adjacent to an activating group) is 1. The van der Waals surface area contributed by atoms with Crippen LogP contribution in [0.2, 0.25) is 0 Å². The summed E-state index contributed by atoms with van der Waals surface area (Å²) in [6, 6.07) is 17.0. The maximum absolute atomic E-state index is 13.5. The molecule has 4 nitrogen and oxygen atoms in total. The Morgan fingerprint density at radius 1 is 1.03 bits per heavy atom. The van der Waals surface area contributed by atoms with E-state index >= 15 is 0 Å². The fourth-order valence-electron chi connectivity index (χ4n) is 4.88. The minimum Gasteiger partial charge on any atom is -0.497 e. The molecular weight excluding hydrogens is 372 g/mol. The van der Waals surface area contributed by atoms with Crippen LogP contribution in [-0.4, -0.2) is 41.9 Å². The normalized spacial score (nSPS) is 21.2. The van der Waals surface area contributed by atoms with Crippen molar-refractivity contribution in [2.24, 2.45) is 0 Å². The van der Waals surface area contributed by atoms with Gasteiger partial charge >= 0.3 is 0 Å². The van der Waals surface area contributed by atoms with Crippen LogP contribution in [0.25, 0.3) is 0 Å². The van der Waals surface area contributed by atoms with Gasteiger partial charge in [0.15, 0.2) is 0 Å². The van der Waals surface area contributed by atoms with Crippen LogP contribution in [0.4, 0.5) is 0 Å². The molecule has 0 bridgehead atoms. The molecule has 2 aromatic rings. The number of methoxy groups -OCH3 is 1. The number of benzene rings is 2. The zero-order chi connectivity index (χ0) is 21.5. The minimum absolute atomic E-state index is 0.00469. The molecule has 2 aromatic carbocycles. The molecule has 0 N–H and O–H groups in total. The van der Waals surface area contributed by atoms with Crippen LogP contribution in [0.5, 0.6) is 5.75 Å². The third-order valence-electron chi connectivity index (χ3n) is 7.05. The van der Waals surface area contributed by atoms with Gasteiger partial charge in [-0.1, -0.05) is 57.2 Å². The van der Waals surface area contributed by atoms with Crippen molar-refractivity contribution < 1.29 is 9.53 Å². The number of carbonyl (C=O) groups is 1. The van der Waals surface area contributed by atoms with Crippen LogP contribution >= 0.6 is 0 Å². The van der Waals surface area contributed by atoms with E-state index in [1.165, 1.54) is 16.7 Å². The first-order valence-corrected chi connectivity index (χ1v) is 11.0. The number of amides is 1. The van der Waals surface area contributed by atoms with Gasteiger partial charge in [0, 0.05) is 6.54 Å². The predicted octanol–water partition coefficient (Wildman–Crippen LogP) is 4.93. The number of carbonyl (C=O) groups excluding carboxylic acids is 1. The first-order chi connectivity index (χ1) is 14.3. The second-order valence-corrected chi connectivity index (χ2v) is 9.84. The summed E-state index contributed by atoms with van der Waals surface area (Å²) < 4.78 is 5.26. The van der Waals surface area contributed by atoms with Crippen molar-refractivity contribution >= 4 is 5.91 Å². The van der Waals surface area contributed by atoms with Crippen LogP contribution in [-0.2, 0) is 16.6 Å². The number of rotatable bonds is 5. The number of nitrogens with zero attached hydrogens (tertiary/aromatic N) is 2. The highest BCUT2D eigenvalue weighted by atomic mass is 16.5. The fraction of sp³-hybridized carbons (Fsp3) is 0.500. The Morgan fingerprint density at radius 2 is 1.67 bits per heavy atom. The molecule has 0 aromatic heterocycles. The Labute approximate surface area is 180 Å². The van der Waals surface area contributed by atoms with E-state index in [0.29, 0.717) is 5.91 Å². The average molecular weight is 407 g/mol. The molecule has 2 fully saturated rings. The number of hydrogen-bond acceptors (Lipinski definition) is 3. The molecular formula is C26H34N2O2. The molecule has 1 aliphatic carbocycles. The summed E-state index contributed by atoms with van der Waals surface area (Å²) in [5.74, 6) is 1.16. The summed E-state index contributed by atoms with van der Waals surface area (Å²) in [4.78, 5) is 18.0. The van der Waals surface area contributed by atoms with E-state index in [2.05, 4.69) is 74.0 Å². The monoisotopic (exact) mass is 406 g/mol. The molecule has 30 heavy (non-hydrogen) atoms. The van der Waals surface area contributed by atoms with E-state index in [4.69, 9.17) is 4.74 Å². The molecule has 4 rings (SSSR count). The quantitative estimate of drug-likeness (QED) is 0.706. The molecule has 1 unspecified atom stereocenters. The largest absolute Gasteiger partial charge is 0.497 e. The zero-order valence-electron chi connectivity index (χ0n) is 18.9. The summed E-state index contributed by atoms with van der Waals surface area (Å²) in [5.41, 5.74) is 3.58. The smallest absolute Gasteiger partial charge is 0.244 e. The third-order valence-corrected chi connectivity index (χ3v) is 7.05. The molecule has 0 radical (unpaired) electrons. The average Bonchev–Trinajstić information content (AvgIpc) is 2.92. The molecule has 1 heterocycles. The van der Waals surface area contributed by atoms with Crippen molar-refractivity contribution in [1.82, 2.24) is 9.80 Å². The lowest BCUT2D eigenvalue weighted by Crippen LogP contribution is -2.53. The van der Waals surface area contributed by atoms with Crippen molar-refractivity contribution in [3.63, 3.8) is 0 Å². The summed E-state index contributed by atoms with van der Waals surface area (Å²) in [7, 11) is 3.81. The van der Waals surface area contributed by atoms with Gasteiger partial charge in [-0.3, -0.25) is 9.69 Å². The van der Waals surface area contributed by atoms with Crippen molar-refractivity contribution in [2.45, 2.75) is 63.6 Å². The van der Waals surface area contributed by atoms with E-state index in [1.54, 1.807) is 7.11 Å². The van der Waals surface area contributed by atoms with Crippen LogP contribution in [0.3, 0.4) is 0 Å². The van der Waals surface area contributed by atoms with E-state index < -0.39 is 0 Å². The third kappa shape index (κ3) is 3.51. The van der Waals surface area contributed by atoms with Crippen molar-refractivity contribution in [3.8, 4) is 5.75 Å². The molecule has 4 heteroatoms. The summed E-state index contributed by atoms with van der Waals surface area (Å²) in [6.45, 7) is 7.43.